The molecule has 25 heavy (non-hydrogen) atoms. The number of nitrogens with one attached hydrogen (secondary N) is 2. The van der Waals surface area contributed by atoms with E-state index in [1.165, 1.54) is 37.4 Å². The number of hydrogen-bond acceptors (Lipinski definition) is 3. The van der Waals surface area contributed by atoms with Gasteiger partial charge >= 0.3 is 0 Å². The first-order valence-corrected chi connectivity index (χ1v) is 10.4. The van der Waals surface area contributed by atoms with E-state index < -0.39 is 0 Å². The van der Waals surface area contributed by atoms with E-state index in [1.54, 1.807) is 0 Å². The van der Waals surface area contributed by atoms with Crippen molar-refractivity contribution in [3.63, 3.8) is 0 Å². The molecule has 0 spiro atoms. The Kier molecular flexibility index (Phi) is 6.05. The van der Waals surface area contributed by atoms with Crippen molar-refractivity contribution in [2.75, 3.05) is 16.8 Å². The van der Waals surface area contributed by atoms with E-state index >= 15 is 0 Å². The van der Waals surface area contributed by atoms with Crippen molar-refractivity contribution in [2.24, 2.45) is 17.8 Å². The predicted octanol–water partition coefficient (Wildman–Crippen LogP) is 3.61. The van der Waals surface area contributed by atoms with Gasteiger partial charge in [0.05, 0.1) is 11.5 Å². The van der Waals surface area contributed by atoms with Crippen LogP contribution in [0.15, 0.2) is 24.3 Å². The van der Waals surface area contributed by atoms with Gasteiger partial charge in [-0.1, -0.05) is 18.6 Å². The molecule has 0 radical (unpaired) electrons. The number of anilines is 1. The van der Waals surface area contributed by atoms with E-state index in [0.29, 0.717) is 17.4 Å². The molecule has 3 rings (SSSR count). The summed E-state index contributed by atoms with van der Waals surface area (Å²) in [6.45, 7) is 4.13. The Morgan fingerprint density at radius 1 is 1.20 bits per heavy atom. The van der Waals surface area contributed by atoms with E-state index in [-0.39, 0.29) is 17.9 Å². The number of carbonyl (C=O) groups excluding carboxylic acids is 2. The summed E-state index contributed by atoms with van der Waals surface area (Å²) in [5.74, 6) is 2.98. The highest BCUT2D eigenvalue weighted by molar-refractivity contribution is 8.00. The molecule has 1 aromatic rings. The second-order valence-electron chi connectivity index (χ2n) is 7.61. The monoisotopic (exact) mass is 360 g/mol. The van der Waals surface area contributed by atoms with Gasteiger partial charge < -0.3 is 10.6 Å². The van der Waals surface area contributed by atoms with Crippen LogP contribution < -0.4 is 10.6 Å². The van der Waals surface area contributed by atoms with Crippen molar-refractivity contribution >= 4 is 29.3 Å². The Bertz CT molecular complexity index is 634. The summed E-state index contributed by atoms with van der Waals surface area (Å²) < 4.78 is 0. The molecule has 2 amide bonds. The van der Waals surface area contributed by atoms with Crippen molar-refractivity contribution in [2.45, 2.75) is 45.6 Å². The Morgan fingerprint density at radius 2 is 2.00 bits per heavy atom. The number of hydrogen-bond donors (Lipinski definition) is 2. The molecule has 2 fully saturated rings. The summed E-state index contributed by atoms with van der Waals surface area (Å²) in [4.78, 5) is 24.1. The highest BCUT2D eigenvalue weighted by Crippen LogP contribution is 2.49. The third-order valence-electron chi connectivity index (χ3n) is 5.59. The standard InChI is InChI=1S/C20H28N2O2S/c1-13-4-3-5-17(8-13)22-20(24)12-25-11-19(23)21-14(2)18-10-15-6-7-16(18)9-15/h3-5,8,14-16,18H,6-7,9-12H2,1-2H3,(H,21,23)(H,22,24). The number of thioether (sulfide) groups is 1. The zero-order chi connectivity index (χ0) is 17.8. The molecule has 5 heteroatoms. The van der Waals surface area contributed by atoms with Crippen molar-refractivity contribution in [1.29, 1.82) is 0 Å². The lowest BCUT2D eigenvalue weighted by Crippen LogP contribution is -2.41. The van der Waals surface area contributed by atoms with Crippen LogP contribution in [-0.4, -0.2) is 29.4 Å². The Hall–Kier alpha value is -1.49. The number of benzene rings is 1. The maximum Gasteiger partial charge on any atom is 0.234 e. The molecule has 0 heterocycles. The lowest BCUT2D eigenvalue weighted by Gasteiger charge is -2.28. The van der Waals surface area contributed by atoms with E-state index in [9.17, 15) is 9.59 Å². The lowest BCUT2D eigenvalue weighted by atomic mass is 9.84. The van der Waals surface area contributed by atoms with Gasteiger partial charge in [-0.2, -0.15) is 0 Å². The summed E-state index contributed by atoms with van der Waals surface area (Å²) in [5.41, 5.74) is 1.92. The molecule has 4 unspecified atom stereocenters. The fraction of sp³-hybridized carbons (Fsp3) is 0.600. The van der Waals surface area contributed by atoms with E-state index in [4.69, 9.17) is 0 Å². The van der Waals surface area contributed by atoms with Crippen molar-refractivity contribution in [3.05, 3.63) is 29.8 Å². The molecule has 0 aliphatic heterocycles. The summed E-state index contributed by atoms with van der Waals surface area (Å²) in [6.07, 6.45) is 5.36. The lowest BCUT2D eigenvalue weighted by molar-refractivity contribution is -0.119. The van der Waals surface area contributed by atoms with Crippen LogP contribution in [0.25, 0.3) is 0 Å². The van der Waals surface area contributed by atoms with Gasteiger partial charge in [-0.15, -0.1) is 11.8 Å². The zero-order valence-corrected chi connectivity index (χ0v) is 15.9. The highest BCUT2D eigenvalue weighted by Gasteiger charge is 2.42. The minimum absolute atomic E-state index is 0.0450. The van der Waals surface area contributed by atoms with E-state index in [2.05, 4.69) is 17.6 Å². The van der Waals surface area contributed by atoms with Crippen LogP contribution >= 0.6 is 11.8 Å². The third-order valence-corrected chi connectivity index (χ3v) is 6.52. The van der Waals surface area contributed by atoms with E-state index in [0.717, 1.165) is 23.1 Å². The predicted molar refractivity (Wildman–Crippen MR) is 104 cm³/mol. The topological polar surface area (TPSA) is 58.2 Å². The fourth-order valence-electron chi connectivity index (χ4n) is 4.47. The van der Waals surface area contributed by atoms with E-state index in [1.807, 2.05) is 31.2 Å². The zero-order valence-electron chi connectivity index (χ0n) is 15.1. The quantitative estimate of drug-likeness (QED) is 0.781. The summed E-state index contributed by atoms with van der Waals surface area (Å²) in [6, 6.07) is 7.98. The average molecular weight is 361 g/mol. The summed E-state index contributed by atoms with van der Waals surface area (Å²) >= 11 is 1.37. The van der Waals surface area contributed by atoms with Crippen LogP contribution in [0.4, 0.5) is 5.69 Å². The first-order valence-electron chi connectivity index (χ1n) is 9.25. The minimum atomic E-state index is -0.0652. The van der Waals surface area contributed by atoms with Gasteiger partial charge in [-0.25, -0.2) is 0 Å². The molecule has 0 saturated heterocycles. The maximum atomic E-state index is 12.1. The van der Waals surface area contributed by atoms with Gasteiger partial charge in [0.25, 0.3) is 0 Å². The van der Waals surface area contributed by atoms with Crippen LogP contribution in [0.5, 0.6) is 0 Å². The Labute approximate surface area is 154 Å². The van der Waals surface area contributed by atoms with Crippen LogP contribution in [0.1, 0.15) is 38.2 Å². The normalized spacial score (nSPS) is 25.6. The minimum Gasteiger partial charge on any atom is -0.353 e. The second-order valence-corrected chi connectivity index (χ2v) is 8.59. The molecule has 2 aliphatic carbocycles. The van der Waals surface area contributed by atoms with Crippen LogP contribution in [-0.2, 0) is 9.59 Å². The van der Waals surface area contributed by atoms with Gasteiger partial charge in [-0.3, -0.25) is 9.59 Å². The van der Waals surface area contributed by atoms with Crippen molar-refractivity contribution in [3.8, 4) is 0 Å². The molecular formula is C20H28N2O2S. The SMILES string of the molecule is Cc1cccc(NC(=O)CSCC(=O)NC(C)C2CC3CCC2C3)c1. The molecule has 2 saturated carbocycles. The Morgan fingerprint density at radius 3 is 2.68 bits per heavy atom. The molecule has 4 atom stereocenters. The van der Waals surface area contributed by atoms with Gasteiger partial charge in [0.2, 0.25) is 11.8 Å². The van der Waals surface area contributed by atoms with Gasteiger partial charge in [0.15, 0.2) is 0 Å². The second kappa shape index (κ2) is 8.26. The molecule has 1 aromatic carbocycles. The summed E-state index contributed by atoms with van der Waals surface area (Å²) in [5, 5.41) is 6.01. The maximum absolute atomic E-state index is 12.1. The van der Waals surface area contributed by atoms with Crippen LogP contribution in [0.3, 0.4) is 0 Å². The number of carbonyl (C=O) groups is 2. The van der Waals surface area contributed by atoms with Crippen LogP contribution in [0.2, 0.25) is 0 Å². The smallest absolute Gasteiger partial charge is 0.234 e. The van der Waals surface area contributed by atoms with Gasteiger partial charge in [0, 0.05) is 11.7 Å². The number of aryl methyl sites for hydroxylation is 1. The molecule has 0 aromatic heterocycles. The third kappa shape index (κ3) is 5.00. The first-order chi connectivity index (χ1) is 12.0. The number of amides is 2. The van der Waals surface area contributed by atoms with Gasteiger partial charge in [0.1, 0.15) is 0 Å². The molecule has 2 N–H and O–H groups in total. The number of rotatable bonds is 7. The molecular weight excluding hydrogens is 332 g/mol. The highest BCUT2D eigenvalue weighted by atomic mass is 32.2. The summed E-state index contributed by atoms with van der Waals surface area (Å²) in [7, 11) is 0. The van der Waals surface area contributed by atoms with Gasteiger partial charge in [-0.05, 0) is 68.6 Å². The molecule has 4 nitrogen and oxygen atoms in total. The number of fused-ring (bicyclic) bond motifs is 2. The molecule has 136 valence electrons. The first kappa shape index (κ1) is 18.3. The van der Waals surface area contributed by atoms with Crippen LogP contribution in [0, 0.1) is 24.7 Å². The largest absolute Gasteiger partial charge is 0.353 e. The van der Waals surface area contributed by atoms with Crippen molar-refractivity contribution in [1.82, 2.24) is 5.32 Å². The fourth-order valence-corrected chi connectivity index (χ4v) is 5.09. The molecule has 2 aliphatic rings. The average Bonchev–Trinajstić information content (AvgIpc) is 3.17. The van der Waals surface area contributed by atoms with Crippen molar-refractivity contribution < 1.29 is 9.59 Å². The molecule has 2 bridgehead atoms. The Balaban J connectivity index is 1.34.